The number of amides is 1. The molecule has 124 valence electrons. The number of carbonyl (C=O) groups excluding carboxylic acids is 1. The van der Waals surface area contributed by atoms with Crippen molar-refractivity contribution in [1.82, 2.24) is 10.0 Å². The van der Waals surface area contributed by atoms with Crippen LogP contribution < -0.4 is 10.0 Å². The zero-order valence-corrected chi connectivity index (χ0v) is 13.9. The van der Waals surface area contributed by atoms with Gasteiger partial charge in [0.1, 0.15) is 5.76 Å². The first-order chi connectivity index (χ1) is 10.9. The molecular formula is C16H20N2O4S. The maximum atomic E-state index is 12.2. The minimum Gasteiger partial charge on any atom is -0.467 e. The lowest BCUT2D eigenvalue weighted by molar-refractivity contribution is 0.0948. The van der Waals surface area contributed by atoms with E-state index in [-0.39, 0.29) is 28.8 Å². The van der Waals surface area contributed by atoms with Crippen molar-refractivity contribution < 1.29 is 17.6 Å². The molecule has 0 atom stereocenters. The van der Waals surface area contributed by atoms with E-state index in [9.17, 15) is 13.2 Å². The fraction of sp³-hybridized carbons (Fsp3) is 0.312. The molecule has 2 rings (SSSR count). The van der Waals surface area contributed by atoms with E-state index in [0.29, 0.717) is 12.3 Å². The molecule has 0 aliphatic heterocycles. The van der Waals surface area contributed by atoms with Gasteiger partial charge in [0, 0.05) is 12.1 Å². The highest BCUT2D eigenvalue weighted by Gasteiger charge is 2.16. The Morgan fingerprint density at radius 2 is 2.00 bits per heavy atom. The van der Waals surface area contributed by atoms with Crippen molar-refractivity contribution >= 4 is 15.9 Å². The molecule has 1 heterocycles. The first-order valence-electron chi connectivity index (χ1n) is 7.29. The van der Waals surface area contributed by atoms with Gasteiger partial charge in [-0.3, -0.25) is 4.79 Å². The van der Waals surface area contributed by atoms with Crippen LogP contribution in [0.25, 0.3) is 0 Å². The highest BCUT2D eigenvalue weighted by Crippen LogP contribution is 2.12. The van der Waals surface area contributed by atoms with Crippen LogP contribution in [0.5, 0.6) is 0 Å². The van der Waals surface area contributed by atoms with Crippen molar-refractivity contribution in [2.75, 3.05) is 6.54 Å². The van der Waals surface area contributed by atoms with Gasteiger partial charge in [0.15, 0.2) is 0 Å². The molecular weight excluding hydrogens is 316 g/mol. The molecule has 0 unspecified atom stereocenters. The van der Waals surface area contributed by atoms with Crippen molar-refractivity contribution in [3.8, 4) is 0 Å². The molecule has 0 aliphatic rings. The normalized spacial score (nSPS) is 11.6. The van der Waals surface area contributed by atoms with E-state index in [1.165, 1.54) is 18.4 Å². The largest absolute Gasteiger partial charge is 0.467 e. The lowest BCUT2D eigenvalue weighted by Crippen LogP contribution is -2.28. The maximum Gasteiger partial charge on any atom is 0.251 e. The second-order valence-corrected chi connectivity index (χ2v) is 7.30. The van der Waals surface area contributed by atoms with Gasteiger partial charge in [-0.1, -0.05) is 19.9 Å². The second kappa shape index (κ2) is 7.43. The Morgan fingerprint density at radius 3 is 2.65 bits per heavy atom. The average molecular weight is 336 g/mol. The van der Waals surface area contributed by atoms with Gasteiger partial charge < -0.3 is 9.73 Å². The highest BCUT2D eigenvalue weighted by atomic mass is 32.2. The third kappa shape index (κ3) is 4.94. The summed E-state index contributed by atoms with van der Waals surface area (Å²) in [6.45, 7) is 4.42. The summed E-state index contributed by atoms with van der Waals surface area (Å²) in [6, 6.07) is 9.42. The number of benzene rings is 1. The van der Waals surface area contributed by atoms with E-state index in [0.717, 1.165) is 0 Å². The molecule has 0 radical (unpaired) electrons. The van der Waals surface area contributed by atoms with E-state index < -0.39 is 10.0 Å². The second-order valence-electron chi connectivity index (χ2n) is 5.54. The lowest BCUT2D eigenvalue weighted by Gasteiger charge is -2.10. The maximum absolute atomic E-state index is 12.2. The number of nitrogens with one attached hydrogen (secondary N) is 2. The van der Waals surface area contributed by atoms with Crippen molar-refractivity contribution in [2.45, 2.75) is 25.3 Å². The fourth-order valence-electron chi connectivity index (χ4n) is 1.85. The van der Waals surface area contributed by atoms with Gasteiger partial charge in [-0.05, 0) is 36.2 Å². The summed E-state index contributed by atoms with van der Waals surface area (Å²) in [5.74, 6) is 0.465. The van der Waals surface area contributed by atoms with Crippen LogP contribution in [0.4, 0.5) is 0 Å². The number of hydrogen-bond donors (Lipinski definition) is 2. The number of rotatable bonds is 7. The van der Waals surface area contributed by atoms with Crippen LogP contribution >= 0.6 is 0 Å². The summed E-state index contributed by atoms with van der Waals surface area (Å²) in [7, 11) is -3.62. The smallest absolute Gasteiger partial charge is 0.251 e. The summed E-state index contributed by atoms with van der Waals surface area (Å²) < 4.78 is 32.0. The summed E-state index contributed by atoms with van der Waals surface area (Å²) in [4.78, 5) is 12.2. The van der Waals surface area contributed by atoms with E-state index in [2.05, 4.69) is 10.0 Å². The van der Waals surface area contributed by atoms with Gasteiger partial charge in [0.25, 0.3) is 5.91 Å². The quantitative estimate of drug-likeness (QED) is 0.811. The predicted molar refractivity (Wildman–Crippen MR) is 86.3 cm³/mol. The molecule has 0 bridgehead atoms. The third-order valence-corrected chi connectivity index (χ3v) is 4.51. The van der Waals surface area contributed by atoms with Gasteiger partial charge >= 0.3 is 0 Å². The van der Waals surface area contributed by atoms with Gasteiger partial charge in [-0.15, -0.1) is 0 Å². The number of carbonyl (C=O) groups is 1. The molecule has 1 aromatic carbocycles. The van der Waals surface area contributed by atoms with Crippen LogP contribution in [0.3, 0.4) is 0 Å². The van der Waals surface area contributed by atoms with Crippen molar-refractivity contribution in [3.05, 3.63) is 54.0 Å². The Kier molecular flexibility index (Phi) is 5.57. The molecule has 7 heteroatoms. The molecule has 0 saturated heterocycles. The first-order valence-corrected chi connectivity index (χ1v) is 8.77. The van der Waals surface area contributed by atoms with E-state index >= 15 is 0 Å². The summed E-state index contributed by atoms with van der Waals surface area (Å²) in [5, 5.41) is 2.68. The van der Waals surface area contributed by atoms with Crippen LogP contribution in [-0.4, -0.2) is 20.9 Å². The molecule has 0 saturated carbocycles. The number of sulfonamides is 1. The van der Waals surface area contributed by atoms with Crippen LogP contribution in [0.15, 0.2) is 52.0 Å². The first kappa shape index (κ1) is 17.2. The lowest BCUT2D eigenvalue weighted by atomic mass is 10.2. The molecule has 2 N–H and O–H groups in total. The topological polar surface area (TPSA) is 88.4 Å². The zero-order chi connectivity index (χ0) is 16.9. The molecule has 1 amide bonds. The van der Waals surface area contributed by atoms with E-state index in [1.807, 2.05) is 13.8 Å². The third-order valence-electron chi connectivity index (χ3n) is 3.09. The Labute approximate surface area is 135 Å². The summed E-state index contributed by atoms with van der Waals surface area (Å²) in [5.41, 5.74) is 0.281. The minimum absolute atomic E-state index is 0.0730. The molecule has 23 heavy (non-hydrogen) atoms. The average Bonchev–Trinajstić information content (AvgIpc) is 3.04. The Hall–Kier alpha value is -2.12. The molecule has 1 aromatic heterocycles. The van der Waals surface area contributed by atoms with Crippen LogP contribution in [0.1, 0.15) is 30.0 Å². The van der Waals surface area contributed by atoms with E-state index in [1.54, 1.807) is 24.3 Å². The monoisotopic (exact) mass is 336 g/mol. The van der Waals surface area contributed by atoms with Crippen LogP contribution in [0, 0.1) is 5.92 Å². The van der Waals surface area contributed by atoms with Gasteiger partial charge in [-0.2, -0.15) is 0 Å². The highest BCUT2D eigenvalue weighted by molar-refractivity contribution is 7.89. The Morgan fingerprint density at radius 1 is 1.22 bits per heavy atom. The van der Waals surface area contributed by atoms with Gasteiger partial charge in [0.05, 0.1) is 17.7 Å². The van der Waals surface area contributed by atoms with Crippen molar-refractivity contribution in [3.63, 3.8) is 0 Å². The Balaban J connectivity index is 2.08. The molecule has 0 fully saturated rings. The molecule has 0 aliphatic carbocycles. The van der Waals surface area contributed by atoms with Gasteiger partial charge in [-0.25, -0.2) is 13.1 Å². The van der Waals surface area contributed by atoms with Crippen LogP contribution in [-0.2, 0) is 16.6 Å². The van der Waals surface area contributed by atoms with Gasteiger partial charge in [0.2, 0.25) is 10.0 Å². The van der Waals surface area contributed by atoms with E-state index in [4.69, 9.17) is 4.42 Å². The molecule has 6 nitrogen and oxygen atoms in total. The minimum atomic E-state index is -3.62. The van der Waals surface area contributed by atoms with Crippen molar-refractivity contribution in [2.24, 2.45) is 5.92 Å². The Bertz CT molecular complexity index is 752. The summed E-state index contributed by atoms with van der Waals surface area (Å²) in [6.07, 6.45) is 1.52. The van der Waals surface area contributed by atoms with Crippen molar-refractivity contribution in [1.29, 1.82) is 0 Å². The zero-order valence-electron chi connectivity index (χ0n) is 13.1. The summed E-state index contributed by atoms with van der Waals surface area (Å²) >= 11 is 0. The number of furan rings is 1. The van der Waals surface area contributed by atoms with Crippen LogP contribution in [0.2, 0.25) is 0 Å². The molecule has 0 spiro atoms. The fourth-order valence-corrected chi connectivity index (χ4v) is 3.11. The molecule has 2 aromatic rings. The SMILES string of the molecule is CC(C)CNS(=O)(=O)c1cccc(C(=O)NCc2ccco2)c1. The standard InChI is InChI=1S/C16H20N2O4S/c1-12(2)10-18-23(20,21)15-7-3-5-13(9-15)16(19)17-11-14-6-4-8-22-14/h3-9,12,18H,10-11H2,1-2H3,(H,17,19). The number of hydrogen-bond acceptors (Lipinski definition) is 4. The predicted octanol–water partition coefficient (Wildman–Crippen LogP) is 2.14.